The van der Waals surface area contributed by atoms with Crippen LogP contribution in [0.3, 0.4) is 0 Å². The standard InChI is InChI=1S/C13H22N4O2S/c1-2-11-14-13(20-15-11)17-8-4-7-16(9-10-17)6-3-5-12(18)19/h2-10H2,1H3,(H,18,19). The van der Waals surface area contributed by atoms with Gasteiger partial charge in [-0.25, -0.2) is 4.98 Å². The number of aliphatic carboxylic acids is 1. The Balaban J connectivity index is 1.81. The highest BCUT2D eigenvalue weighted by molar-refractivity contribution is 7.09. The minimum absolute atomic E-state index is 0.260. The summed E-state index contributed by atoms with van der Waals surface area (Å²) in [5.41, 5.74) is 0. The van der Waals surface area contributed by atoms with E-state index in [0.29, 0.717) is 0 Å². The van der Waals surface area contributed by atoms with Crippen molar-refractivity contribution in [2.75, 3.05) is 37.6 Å². The Kier molecular flexibility index (Phi) is 5.72. The molecule has 1 saturated heterocycles. The van der Waals surface area contributed by atoms with Gasteiger partial charge in [-0.3, -0.25) is 4.79 Å². The van der Waals surface area contributed by atoms with E-state index >= 15 is 0 Å². The maximum Gasteiger partial charge on any atom is 0.303 e. The summed E-state index contributed by atoms with van der Waals surface area (Å²) < 4.78 is 4.34. The zero-order chi connectivity index (χ0) is 14.4. The summed E-state index contributed by atoms with van der Waals surface area (Å²) in [5.74, 6) is 0.218. The Morgan fingerprint density at radius 1 is 1.35 bits per heavy atom. The second kappa shape index (κ2) is 7.54. The van der Waals surface area contributed by atoms with Gasteiger partial charge in [0.25, 0.3) is 0 Å². The lowest BCUT2D eigenvalue weighted by Gasteiger charge is -2.20. The highest BCUT2D eigenvalue weighted by Gasteiger charge is 2.17. The molecule has 0 atom stereocenters. The maximum atomic E-state index is 10.5. The van der Waals surface area contributed by atoms with Crippen LogP contribution >= 0.6 is 11.5 Å². The van der Waals surface area contributed by atoms with Crippen molar-refractivity contribution in [1.29, 1.82) is 0 Å². The number of nitrogens with zero attached hydrogens (tertiary/aromatic N) is 4. The molecule has 0 amide bonds. The first-order valence-electron chi connectivity index (χ1n) is 7.20. The van der Waals surface area contributed by atoms with Crippen molar-refractivity contribution in [2.24, 2.45) is 0 Å². The number of hydrogen-bond acceptors (Lipinski definition) is 6. The van der Waals surface area contributed by atoms with E-state index in [4.69, 9.17) is 5.11 Å². The van der Waals surface area contributed by atoms with E-state index < -0.39 is 5.97 Å². The van der Waals surface area contributed by atoms with E-state index in [1.807, 2.05) is 0 Å². The minimum atomic E-state index is -0.706. The van der Waals surface area contributed by atoms with Gasteiger partial charge in [0.05, 0.1) is 0 Å². The van der Waals surface area contributed by atoms with E-state index in [1.165, 1.54) is 11.5 Å². The summed E-state index contributed by atoms with van der Waals surface area (Å²) >= 11 is 1.48. The molecule has 20 heavy (non-hydrogen) atoms. The van der Waals surface area contributed by atoms with Crippen molar-refractivity contribution in [3.8, 4) is 0 Å². The number of carboxylic acids is 1. The average Bonchev–Trinajstić information content (AvgIpc) is 2.78. The molecule has 1 aromatic rings. The monoisotopic (exact) mass is 298 g/mol. The van der Waals surface area contributed by atoms with Crippen LogP contribution in [0.1, 0.15) is 32.0 Å². The number of aryl methyl sites for hydroxylation is 1. The molecule has 0 radical (unpaired) electrons. The molecule has 0 unspecified atom stereocenters. The number of aromatic nitrogens is 2. The molecule has 0 spiro atoms. The van der Waals surface area contributed by atoms with Gasteiger partial charge in [-0.15, -0.1) is 0 Å². The van der Waals surface area contributed by atoms with E-state index in [0.717, 1.165) is 62.9 Å². The summed E-state index contributed by atoms with van der Waals surface area (Å²) in [5, 5.41) is 9.70. The number of rotatable bonds is 6. The van der Waals surface area contributed by atoms with Crippen LogP contribution in [0.2, 0.25) is 0 Å². The number of carboxylic acid groups (broad SMARTS) is 1. The first-order valence-corrected chi connectivity index (χ1v) is 7.98. The quantitative estimate of drug-likeness (QED) is 0.858. The third-order valence-electron chi connectivity index (χ3n) is 3.50. The highest BCUT2D eigenvalue weighted by Crippen LogP contribution is 2.19. The zero-order valence-electron chi connectivity index (χ0n) is 11.9. The second-order valence-corrected chi connectivity index (χ2v) is 5.76. The Morgan fingerprint density at radius 2 is 2.20 bits per heavy atom. The van der Waals surface area contributed by atoms with E-state index in [1.54, 1.807) is 0 Å². The van der Waals surface area contributed by atoms with Crippen molar-refractivity contribution in [3.05, 3.63) is 5.82 Å². The Morgan fingerprint density at radius 3 is 2.90 bits per heavy atom. The fourth-order valence-corrected chi connectivity index (χ4v) is 3.16. The number of anilines is 1. The topological polar surface area (TPSA) is 69.6 Å². The van der Waals surface area contributed by atoms with E-state index in [9.17, 15) is 4.79 Å². The average molecular weight is 298 g/mol. The summed E-state index contributed by atoms with van der Waals surface area (Å²) in [7, 11) is 0. The lowest BCUT2D eigenvalue weighted by Crippen LogP contribution is -2.31. The van der Waals surface area contributed by atoms with Crippen LogP contribution in [-0.2, 0) is 11.2 Å². The number of hydrogen-bond donors (Lipinski definition) is 1. The van der Waals surface area contributed by atoms with Crippen molar-refractivity contribution in [2.45, 2.75) is 32.6 Å². The van der Waals surface area contributed by atoms with Crippen LogP contribution in [0.5, 0.6) is 0 Å². The smallest absolute Gasteiger partial charge is 0.303 e. The molecule has 0 saturated carbocycles. The SMILES string of the molecule is CCc1nsc(N2CCCN(CCCC(=O)O)CC2)n1. The molecule has 0 aromatic carbocycles. The third-order valence-corrected chi connectivity index (χ3v) is 4.31. The van der Waals surface area contributed by atoms with Crippen LogP contribution in [0, 0.1) is 0 Å². The van der Waals surface area contributed by atoms with Gasteiger partial charge in [0.1, 0.15) is 5.82 Å². The van der Waals surface area contributed by atoms with Crippen molar-refractivity contribution in [3.63, 3.8) is 0 Å². The lowest BCUT2D eigenvalue weighted by molar-refractivity contribution is -0.137. The van der Waals surface area contributed by atoms with E-state index in [2.05, 4.69) is 26.1 Å². The van der Waals surface area contributed by atoms with Crippen LogP contribution < -0.4 is 4.90 Å². The zero-order valence-corrected chi connectivity index (χ0v) is 12.7. The van der Waals surface area contributed by atoms with Gasteiger partial charge in [-0.05, 0) is 25.9 Å². The third kappa shape index (κ3) is 4.42. The molecule has 1 fully saturated rings. The Bertz CT molecular complexity index is 438. The Labute approximate surface area is 123 Å². The number of carbonyl (C=O) groups is 1. The molecule has 2 rings (SSSR count). The van der Waals surface area contributed by atoms with Gasteiger partial charge >= 0.3 is 5.97 Å². The van der Waals surface area contributed by atoms with Gasteiger partial charge in [0.2, 0.25) is 5.13 Å². The molecule has 1 aliphatic rings. The van der Waals surface area contributed by atoms with Crippen LogP contribution in [0.25, 0.3) is 0 Å². The molecule has 7 heteroatoms. The summed E-state index contributed by atoms with van der Waals surface area (Å²) in [6.45, 7) is 6.91. The van der Waals surface area contributed by atoms with Crippen molar-refractivity contribution >= 4 is 22.6 Å². The van der Waals surface area contributed by atoms with Gasteiger partial charge in [0.15, 0.2) is 0 Å². The molecule has 0 aliphatic carbocycles. The minimum Gasteiger partial charge on any atom is -0.481 e. The predicted molar refractivity (Wildman–Crippen MR) is 79.4 cm³/mol. The molecule has 1 aliphatic heterocycles. The van der Waals surface area contributed by atoms with Gasteiger partial charge < -0.3 is 14.9 Å². The van der Waals surface area contributed by atoms with Crippen LogP contribution in [0.15, 0.2) is 0 Å². The molecule has 1 aromatic heterocycles. The molecule has 112 valence electrons. The normalized spacial score (nSPS) is 17.1. The summed E-state index contributed by atoms with van der Waals surface area (Å²) in [6.07, 6.45) is 2.96. The molecule has 0 bridgehead atoms. The predicted octanol–water partition coefficient (Wildman–Crippen LogP) is 1.48. The van der Waals surface area contributed by atoms with E-state index in [-0.39, 0.29) is 6.42 Å². The van der Waals surface area contributed by atoms with Gasteiger partial charge in [-0.2, -0.15) is 4.37 Å². The Hall–Kier alpha value is -1.21. The molecular weight excluding hydrogens is 276 g/mol. The second-order valence-electron chi connectivity index (χ2n) is 5.03. The molecule has 6 nitrogen and oxygen atoms in total. The van der Waals surface area contributed by atoms with Crippen molar-refractivity contribution in [1.82, 2.24) is 14.3 Å². The first-order chi connectivity index (χ1) is 9.69. The molecule has 2 heterocycles. The first kappa shape index (κ1) is 15.2. The molecular formula is C13H22N4O2S. The fourth-order valence-electron chi connectivity index (χ4n) is 2.36. The summed E-state index contributed by atoms with van der Waals surface area (Å²) in [4.78, 5) is 19.7. The summed E-state index contributed by atoms with van der Waals surface area (Å²) in [6, 6.07) is 0. The van der Waals surface area contributed by atoms with Crippen LogP contribution in [-0.4, -0.2) is 58.1 Å². The fraction of sp³-hybridized carbons (Fsp3) is 0.769. The lowest BCUT2D eigenvalue weighted by atomic mass is 10.3. The van der Waals surface area contributed by atoms with Crippen LogP contribution in [0.4, 0.5) is 5.13 Å². The highest BCUT2D eigenvalue weighted by atomic mass is 32.1. The largest absolute Gasteiger partial charge is 0.481 e. The van der Waals surface area contributed by atoms with Gasteiger partial charge in [-0.1, -0.05) is 6.92 Å². The molecule has 1 N–H and O–H groups in total. The van der Waals surface area contributed by atoms with Gasteiger partial charge in [0, 0.05) is 44.0 Å². The maximum absolute atomic E-state index is 10.5. The van der Waals surface area contributed by atoms with Crippen molar-refractivity contribution < 1.29 is 9.90 Å².